The van der Waals surface area contributed by atoms with Gasteiger partial charge in [0.05, 0.1) is 12.1 Å². The molecule has 1 amide bonds. The Morgan fingerprint density at radius 1 is 1.56 bits per heavy atom. The van der Waals surface area contributed by atoms with Crippen LogP contribution in [0.4, 0.5) is 5.69 Å². The fraction of sp³-hybridized carbons (Fsp3) is 0.364. The van der Waals surface area contributed by atoms with Gasteiger partial charge >= 0.3 is 0 Å². The summed E-state index contributed by atoms with van der Waals surface area (Å²) in [5, 5.41) is 0.615. The van der Waals surface area contributed by atoms with Crippen molar-refractivity contribution in [2.45, 2.75) is 11.7 Å². The number of hydrogen-bond donors (Lipinski definition) is 1. The molecule has 1 aliphatic rings. The minimum absolute atomic E-state index is 0.0845. The van der Waals surface area contributed by atoms with Crippen LogP contribution in [0.25, 0.3) is 0 Å². The van der Waals surface area contributed by atoms with Gasteiger partial charge in [-0.2, -0.15) is 12.6 Å². The maximum atomic E-state index is 11.7. The quantitative estimate of drug-likeness (QED) is 0.825. The lowest BCUT2D eigenvalue weighted by molar-refractivity contribution is -0.117. The van der Waals surface area contributed by atoms with Gasteiger partial charge in [0.1, 0.15) is 5.75 Å². The van der Waals surface area contributed by atoms with E-state index in [1.807, 2.05) is 6.07 Å². The van der Waals surface area contributed by atoms with E-state index >= 15 is 0 Å². The Hall–Kier alpha value is -0.870. The van der Waals surface area contributed by atoms with Crippen LogP contribution >= 0.6 is 24.2 Å². The van der Waals surface area contributed by atoms with Crippen molar-refractivity contribution in [1.29, 1.82) is 0 Å². The van der Waals surface area contributed by atoms with Crippen LogP contribution in [-0.4, -0.2) is 24.8 Å². The van der Waals surface area contributed by atoms with Gasteiger partial charge in [0.15, 0.2) is 0 Å². The Bertz CT molecular complexity index is 424. The number of halogens is 1. The topological polar surface area (TPSA) is 29.5 Å². The average molecular weight is 258 g/mol. The van der Waals surface area contributed by atoms with Crippen LogP contribution in [0.2, 0.25) is 5.02 Å². The molecular formula is C11H12ClNO2S. The predicted molar refractivity (Wildman–Crippen MR) is 67.7 cm³/mol. The molecule has 1 aromatic carbocycles. The summed E-state index contributed by atoms with van der Waals surface area (Å²) >= 11 is 10.3. The minimum Gasteiger partial charge on any atom is -0.495 e. The summed E-state index contributed by atoms with van der Waals surface area (Å²) in [5.74, 6) is 0.695. The lowest BCUT2D eigenvalue weighted by Crippen LogP contribution is -2.24. The molecule has 0 aliphatic carbocycles. The molecule has 1 aliphatic heterocycles. The zero-order valence-corrected chi connectivity index (χ0v) is 10.5. The minimum atomic E-state index is 0.0845. The molecule has 0 bridgehead atoms. The van der Waals surface area contributed by atoms with Crippen molar-refractivity contribution in [3.05, 3.63) is 23.2 Å². The van der Waals surface area contributed by atoms with Crippen molar-refractivity contribution in [1.82, 2.24) is 0 Å². The first kappa shape index (κ1) is 11.6. The van der Waals surface area contributed by atoms with E-state index in [2.05, 4.69) is 12.6 Å². The predicted octanol–water partition coefficient (Wildman–Crippen LogP) is 2.38. The molecule has 0 aromatic heterocycles. The van der Waals surface area contributed by atoms with Crippen molar-refractivity contribution in [2.75, 3.05) is 18.6 Å². The zero-order chi connectivity index (χ0) is 11.7. The smallest absolute Gasteiger partial charge is 0.228 e. The highest BCUT2D eigenvalue weighted by molar-refractivity contribution is 7.81. The summed E-state index contributed by atoms with van der Waals surface area (Å²) in [6.45, 7) is 0.630. The van der Waals surface area contributed by atoms with Crippen LogP contribution in [0.5, 0.6) is 5.75 Å². The van der Waals surface area contributed by atoms with Crippen molar-refractivity contribution in [2.24, 2.45) is 0 Å². The van der Waals surface area contributed by atoms with Gasteiger partial charge in [-0.05, 0) is 18.2 Å². The fourth-order valence-corrected chi connectivity index (χ4v) is 2.33. The van der Waals surface area contributed by atoms with E-state index in [1.165, 1.54) is 0 Å². The lowest BCUT2D eigenvalue weighted by atomic mass is 10.3. The molecule has 3 nitrogen and oxygen atoms in total. The van der Waals surface area contributed by atoms with Gasteiger partial charge in [-0.3, -0.25) is 4.79 Å². The summed E-state index contributed by atoms with van der Waals surface area (Å²) in [5.41, 5.74) is 0.798. The first-order valence-corrected chi connectivity index (χ1v) is 5.83. The van der Waals surface area contributed by atoms with Gasteiger partial charge in [-0.25, -0.2) is 0 Å². The number of methoxy groups -OCH3 is 1. The summed E-state index contributed by atoms with van der Waals surface area (Å²) < 4.78 is 5.06. The molecule has 1 saturated heterocycles. The van der Waals surface area contributed by atoms with Gasteiger partial charge in [-0.15, -0.1) is 0 Å². The van der Waals surface area contributed by atoms with Gasteiger partial charge < -0.3 is 9.64 Å². The normalized spacial score (nSPS) is 20.3. The van der Waals surface area contributed by atoms with Gasteiger partial charge in [0.25, 0.3) is 0 Å². The van der Waals surface area contributed by atoms with Crippen molar-refractivity contribution >= 4 is 35.8 Å². The zero-order valence-electron chi connectivity index (χ0n) is 8.81. The molecular weight excluding hydrogens is 246 g/mol. The highest BCUT2D eigenvalue weighted by Gasteiger charge is 2.28. The number of ether oxygens (including phenoxy) is 1. The molecule has 1 heterocycles. The van der Waals surface area contributed by atoms with Crippen LogP contribution in [-0.2, 0) is 4.79 Å². The second-order valence-electron chi connectivity index (χ2n) is 3.68. The van der Waals surface area contributed by atoms with Gasteiger partial charge in [-0.1, -0.05) is 11.6 Å². The van der Waals surface area contributed by atoms with Crippen molar-refractivity contribution < 1.29 is 9.53 Å². The Balaban J connectivity index is 2.28. The van der Waals surface area contributed by atoms with E-state index in [0.29, 0.717) is 23.7 Å². The second kappa shape index (κ2) is 4.55. The highest BCUT2D eigenvalue weighted by atomic mass is 35.5. The molecule has 1 aromatic rings. The monoisotopic (exact) mass is 257 g/mol. The third-order valence-corrected chi connectivity index (χ3v) is 3.19. The van der Waals surface area contributed by atoms with Crippen LogP contribution in [0.3, 0.4) is 0 Å². The van der Waals surface area contributed by atoms with E-state index in [-0.39, 0.29) is 11.2 Å². The lowest BCUT2D eigenvalue weighted by Gasteiger charge is -2.17. The van der Waals surface area contributed by atoms with Gasteiger partial charge in [0.2, 0.25) is 5.91 Å². The number of anilines is 1. The summed E-state index contributed by atoms with van der Waals surface area (Å²) in [7, 11) is 1.56. The SMILES string of the molecule is COc1ccc(N2CC(S)CC2=O)cc1Cl. The van der Waals surface area contributed by atoms with Gasteiger partial charge in [0, 0.05) is 23.9 Å². The number of amides is 1. The summed E-state index contributed by atoms with van der Waals surface area (Å²) in [6, 6.07) is 5.33. The Morgan fingerprint density at radius 2 is 2.31 bits per heavy atom. The first-order valence-electron chi connectivity index (χ1n) is 4.94. The molecule has 1 unspecified atom stereocenters. The molecule has 86 valence electrons. The van der Waals surface area contributed by atoms with Crippen LogP contribution in [0.1, 0.15) is 6.42 Å². The first-order chi connectivity index (χ1) is 7.61. The fourth-order valence-electron chi connectivity index (χ4n) is 1.76. The van der Waals surface area contributed by atoms with E-state index in [0.717, 1.165) is 5.69 Å². The standard InChI is InChI=1S/C11H12ClNO2S/c1-15-10-3-2-7(4-9(10)12)13-6-8(16)5-11(13)14/h2-4,8,16H,5-6H2,1H3. The Kier molecular flexibility index (Phi) is 3.30. The highest BCUT2D eigenvalue weighted by Crippen LogP contribution is 2.31. The number of hydrogen-bond acceptors (Lipinski definition) is 3. The Morgan fingerprint density at radius 3 is 2.81 bits per heavy atom. The molecule has 0 N–H and O–H groups in total. The number of carbonyl (C=O) groups excluding carboxylic acids is 1. The third-order valence-electron chi connectivity index (χ3n) is 2.55. The van der Waals surface area contributed by atoms with E-state index in [9.17, 15) is 4.79 Å². The number of thiol groups is 1. The number of carbonyl (C=O) groups is 1. The van der Waals surface area contributed by atoms with Crippen LogP contribution in [0.15, 0.2) is 18.2 Å². The number of benzene rings is 1. The largest absolute Gasteiger partial charge is 0.495 e. The molecule has 1 atom stereocenters. The molecule has 0 saturated carbocycles. The van der Waals surface area contributed by atoms with Crippen molar-refractivity contribution in [3.8, 4) is 5.75 Å². The molecule has 0 radical (unpaired) electrons. The summed E-state index contributed by atoms with van der Waals surface area (Å²) in [4.78, 5) is 13.4. The maximum Gasteiger partial charge on any atom is 0.228 e. The van der Waals surface area contributed by atoms with E-state index in [4.69, 9.17) is 16.3 Å². The number of rotatable bonds is 2. The molecule has 2 rings (SSSR count). The van der Waals surface area contributed by atoms with E-state index < -0.39 is 0 Å². The molecule has 1 fully saturated rings. The molecule has 0 spiro atoms. The molecule has 5 heteroatoms. The van der Waals surface area contributed by atoms with Crippen molar-refractivity contribution in [3.63, 3.8) is 0 Å². The maximum absolute atomic E-state index is 11.7. The van der Waals surface area contributed by atoms with E-state index in [1.54, 1.807) is 24.1 Å². The second-order valence-corrected chi connectivity index (χ2v) is 4.82. The average Bonchev–Trinajstić information content (AvgIpc) is 2.58. The third kappa shape index (κ3) is 2.13. The summed E-state index contributed by atoms with van der Waals surface area (Å²) in [6.07, 6.45) is 0.479. The van der Waals surface area contributed by atoms with Crippen LogP contribution in [0, 0.1) is 0 Å². The number of nitrogens with zero attached hydrogens (tertiary/aromatic N) is 1. The van der Waals surface area contributed by atoms with Crippen LogP contribution < -0.4 is 9.64 Å². The molecule has 16 heavy (non-hydrogen) atoms. The Labute approximate surface area is 105 Å².